The SMILES string of the molecule is CCN(CC(C)C(N)=NO)C(=O)c1ccncc1F. The fourth-order valence-electron chi connectivity index (χ4n) is 1.60. The van der Waals surface area contributed by atoms with Crippen molar-refractivity contribution in [1.82, 2.24) is 9.88 Å². The Morgan fingerprint density at radius 2 is 2.37 bits per heavy atom. The predicted molar refractivity (Wildman–Crippen MR) is 68.3 cm³/mol. The first kappa shape index (κ1) is 14.9. The molecule has 0 saturated carbocycles. The van der Waals surface area contributed by atoms with Crippen molar-refractivity contribution in [1.29, 1.82) is 0 Å². The number of carbonyl (C=O) groups is 1. The summed E-state index contributed by atoms with van der Waals surface area (Å²) in [6.45, 7) is 4.13. The molecule has 0 aliphatic heterocycles. The molecule has 7 heteroatoms. The van der Waals surface area contributed by atoms with E-state index in [2.05, 4.69) is 10.1 Å². The zero-order valence-corrected chi connectivity index (χ0v) is 10.9. The van der Waals surface area contributed by atoms with E-state index < -0.39 is 11.7 Å². The Balaban J connectivity index is 2.86. The smallest absolute Gasteiger partial charge is 0.256 e. The number of aromatic nitrogens is 1. The standard InChI is InChI=1S/C12H17FN4O2/c1-3-17(7-8(2)11(14)16-19)12(18)9-4-5-15-6-10(9)13/h4-6,8,19H,3,7H2,1-2H3,(H2,14,16). The van der Waals surface area contributed by atoms with Gasteiger partial charge in [-0.3, -0.25) is 9.78 Å². The summed E-state index contributed by atoms with van der Waals surface area (Å²) in [6.07, 6.45) is 2.35. The number of amidine groups is 1. The molecule has 0 aliphatic rings. The van der Waals surface area contributed by atoms with Crippen LogP contribution in [0.2, 0.25) is 0 Å². The Bertz CT molecular complexity index is 479. The normalized spacial score (nSPS) is 13.1. The van der Waals surface area contributed by atoms with Gasteiger partial charge in [0.15, 0.2) is 5.82 Å². The maximum Gasteiger partial charge on any atom is 0.256 e. The van der Waals surface area contributed by atoms with Crippen LogP contribution in [-0.2, 0) is 0 Å². The van der Waals surface area contributed by atoms with E-state index in [-0.39, 0.29) is 23.9 Å². The second-order valence-electron chi connectivity index (χ2n) is 4.13. The van der Waals surface area contributed by atoms with E-state index in [0.717, 1.165) is 6.20 Å². The van der Waals surface area contributed by atoms with Crippen LogP contribution in [0.25, 0.3) is 0 Å². The van der Waals surface area contributed by atoms with Gasteiger partial charge in [-0.05, 0) is 13.0 Å². The molecule has 0 saturated heterocycles. The van der Waals surface area contributed by atoms with Gasteiger partial charge >= 0.3 is 0 Å². The molecule has 0 fully saturated rings. The summed E-state index contributed by atoms with van der Waals surface area (Å²) in [7, 11) is 0. The predicted octanol–water partition coefficient (Wildman–Crippen LogP) is 1.07. The van der Waals surface area contributed by atoms with Gasteiger partial charge in [-0.2, -0.15) is 0 Å². The number of oxime groups is 1. The Morgan fingerprint density at radius 1 is 1.68 bits per heavy atom. The minimum atomic E-state index is -0.664. The van der Waals surface area contributed by atoms with Gasteiger partial charge in [0.05, 0.1) is 11.8 Å². The zero-order chi connectivity index (χ0) is 14.4. The van der Waals surface area contributed by atoms with Gasteiger partial charge in [0.2, 0.25) is 0 Å². The van der Waals surface area contributed by atoms with E-state index in [0.29, 0.717) is 6.54 Å². The summed E-state index contributed by atoms with van der Waals surface area (Å²) >= 11 is 0. The summed E-state index contributed by atoms with van der Waals surface area (Å²) < 4.78 is 13.5. The summed E-state index contributed by atoms with van der Waals surface area (Å²) in [5.74, 6) is -1.40. The van der Waals surface area contributed by atoms with Crippen molar-refractivity contribution in [2.24, 2.45) is 16.8 Å². The average molecular weight is 268 g/mol. The van der Waals surface area contributed by atoms with Crippen molar-refractivity contribution < 1.29 is 14.4 Å². The van der Waals surface area contributed by atoms with Crippen LogP contribution in [0.3, 0.4) is 0 Å². The van der Waals surface area contributed by atoms with E-state index in [1.165, 1.54) is 17.2 Å². The second kappa shape index (κ2) is 6.67. The summed E-state index contributed by atoms with van der Waals surface area (Å²) in [6, 6.07) is 1.33. The van der Waals surface area contributed by atoms with Crippen LogP contribution >= 0.6 is 0 Å². The third kappa shape index (κ3) is 3.64. The monoisotopic (exact) mass is 268 g/mol. The van der Waals surface area contributed by atoms with Gasteiger partial charge in [0, 0.05) is 25.2 Å². The lowest BCUT2D eigenvalue weighted by atomic mass is 10.1. The maximum absolute atomic E-state index is 13.5. The van der Waals surface area contributed by atoms with Crippen LogP contribution in [0, 0.1) is 11.7 Å². The number of nitrogens with zero attached hydrogens (tertiary/aromatic N) is 3. The van der Waals surface area contributed by atoms with Crippen LogP contribution in [0.1, 0.15) is 24.2 Å². The number of rotatable bonds is 5. The Hall–Kier alpha value is -2.18. The highest BCUT2D eigenvalue weighted by Gasteiger charge is 2.21. The van der Waals surface area contributed by atoms with Crippen LogP contribution in [0.5, 0.6) is 0 Å². The molecule has 6 nitrogen and oxygen atoms in total. The Kier molecular flexibility index (Phi) is 5.23. The molecule has 3 N–H and O–H groups in total. The van der Waals surface area contributed by atoms with Crippen LogP contribution in [0.15, 0.2) is 23.6 Å². The second-order valence-corrected chi connectivity index (χ2v) is 4.13. The lowest BCUT2D eigenvalue weighted by molar-refractivity contribution is 0.0749. The first-order valence-electron chi connectivity index (χ1n) is 5.87. The van der Waals surface area contributed by atoms with Crippen LogP contribution in [0.4, 0.5) is 4.39 Å². The number of nitrogens with two attached hydrogens (primary N) is 1. The molecule has 0 aliphatic carbocycles. The average Bonchev–Trinajstić information content (AvgIpc) is 2.43. The van der Waals surface area contributed by atoms with E-state index >= 15 is 0 Å². The van der Waals surface area contributed by atoms with Crippen molar-refractivity contribution in [2.75, 3.05) is 13.1 Å². The molecule has 0 aromatic carbocycles. The van der Waals surface area contributed by atoms with E-state index in [4.69, 9.17) is 10.9 Å². The number of amides is 1. The van der Waals surface area contributed by atoms with Gasteiger partial charge in [-0.1, -0.05) is 12.1 Å². The quantitative estimate of drug-likeness (QED) is 0.361. The first-order chi connectivity index (χ1) is 9.01. The lowest BCUT2D eigenvalue weighted by Gasteiger charge is -2.24. The molecule has 104 valence electrons. The van der Waals surface area contributed by atoms with Gasteiger partial charge in [-0.15, -0.1) is 0 Å². The third-order valence-corrected chi connectivity index (χ3v) is 2.79. The summed E-state index contributed by atoms with van der Waals surface area (Å²) in [4.78, 5) is 17.2. The highest BCUT2D eigenvalue weighted by atomic mass is 19.1. The van der Waals surface area contributed by atoms with Crippen molar-refractivity contribution in [3.63, 3.8) is 0 Å². The van der Waals surface area contributed by atoms with Crippen molar-refractivity contribution >= 4 is 11.7 Å². The number of carbonyl (C=O) groups excluding carboxylic acids is 1. The number of pyridine rings is 1. The molecule has 19 heavy (non-hydrogen) atoms. The lowest BCUT2D eigenvalue weighted by Crippen LogP contribution is -2.39. The molecular weight excluding hydrogens is 251 g/mol. The first-order valence-corrected chi connectivity index (χ1v) is 5.87. The van der Waals surface area contributed by atoms with Crippen LogP contribution < -0.4 is 5.73 Å². The molecule has 1 amide bonds. The van der Waals surface area contributed by atoms with Gasteiger partial charge in [0.25, 0.3) is 5.91 Å². The maximum atomic E-state index is 13.5. The number of hydrogen-bond acceptors (Lipinski definition) is 4. The molecule has 0 bridgehead atoms. The van der Waals surface area contributed by atoms with E-state index in [1.54, 1.807) is 13.8 Å². The van der Waals surface area contributed by atoms with E-state index in [1.807, 2.05) is 0 Å². The molecule has 0 spiro atoms. The Labute approximate surface area is 110 Å². The Morgan fingerprint density at radius 3 is 2.89 bits per heavy atom. The summed E-state index contributed by atoms with van der Waals surface area (Å²) in [5, 5.41) is 11.5. The zero-order valence-electron chi connectivity index (χ0n) is 10.9. The molecule has 1 heterocycles. The molecule has 1 aromatic heterocycles. The number of halogens is 1. The topological polar surface area (TPSA) is 91.8 Å². The van der Waals surface area contributed by atoms with Gasteiger partial charge < -0.3 is 15.8 Å². The minimum absolute atomic E-state index is 0.0291. The summed E-state index contributed by atoms with van der Waals surface area (Å²) in [5.41, 5.74) is 5.43. The van der Waals surface area contributed by atoms with Gasteiger partial charge in [-0.25, -0.2) is 4.39 Å². The molecule has 1 unspecified atom stereocenters. The minimum Gasteiger partial charge on any atom is -0.409 e. The number of hydrogen-bond donors (Lipinski definition) is 2. The van der Waals surface area contributed by atoms with Crippen molar-refractivity contribution in [3.8, 4) is 0 Å². The fraction of sp³-hybridized carbons (Fsp3) is 0.417. The molecule has 1 aromatic rings. The van der Waals surface area contributed by atoms with Crippen molar-refractivity contribution in [3.05, 3.63) is 29.8 Å². The molecular formula is C12H17FN4O2. The highest BCUT2D eigenvalue weighted by molar-refractivity contribution is 5.94. The molecule has 1 atom stereocenters. The van der Waals surface area contributed by atoms with E-state index in [9.17, 15) is 9.18 Å². The molecule has 1 rings (SSSR count). The van der Waals surface area contributed by atoms with Gasteiger partial charge in [0.1, 0.15) is 5.84 Å². The van der Waals surface area contributed by atoms with Crippen LogP contribution in [-0.4, -0.2) is 39.9 Å². The fourth-order valence-corrected chi connectivity index (χ4v) is 1.60. The van der Waals surface area contributed by atoms with Crippen molar-refractivity contribution in [2.45, 2.75) is 13.8 Å². The third-order valence-electron chi connectivity index (χ3n) is 2.79. The largest absolute Gasteiger partial charge is 0.409 e. The highest BCUT2D eigenvalue weighted by Crippen LogP contribution is 2.10. The molecule has 0 radical (unpaired) electrons.